The molecule has 0 saturated carbocycles. The zero-order chi connectivity index (χ0) is 16.4. The molecule has 1 heterocycles. The van der Waals surface area contributed by atoms with Gasteiger partial charge in [-0.15, -0.1) is 0 Å². The first-order valence-corrected chi connectivity index (χ1v) is 7.64. The molecule has 1 aliphatic heterocycles. The second kappa shape index (κ2) is 6.28. The lowest BCUT2D eigenvalue weighted by atomic mass is 10.1. The molecule has 1 aliphatic rings. The van der Waals surface area contributed by atoms with Crippen molar-refractivity contribution < 1.29 is 14.3 Å². The molecular weight excluding hydrogens is 295 g/mol. The first-order chi connectivity index (χ1) is 11.1. The number of anilines is 2. The van der Waals surface area contributed by atoms with E-state index in [1.54, 1.807) is 24.3 Å². The Bertz CT molecular complexity index is 707. The van der Waals surface area contributed by atoms with Crippen LogP contribution in [-0.2, 0) is 0 Å². The molecule has 0 unspecified atom stereocenters. The molecule has 0 bridgehead atoms. The van der Waals surface area contributed by atoms with Crippen LogP contribution in [0.2, 0.25) is 0 Å². The van der Waals surface area contributed by atoms with Gasteiger partial charge in [0.2, 0.25) is 0 Å². The molecule has 0 aromatic heterocycles. The van der Waals surface area contributed by atoms with Crippen molar-refractivity contribution >= 4 is 17.2 Å². The Balaban J connectivity index is 1.76. The smallest absolute Gasteiger partial charge is 0.164 e. The number of nitrogens with zero attached hydrogens (tertiary/aromatic N) is 2. The van der Waals surface area contributed by atoms with Crippen molar-refractivity contribution in [3.8, 4) is 5.75 Å². The van der Waals surface area contributed by atoms with Crippen LogP contribution < -0.4 is 9.80 Å². The van der Waals surface area contributed by atoms with Crippen molar-refractivity contribution in [2.24, 2.45) is 0 Å². The number of piperazine rings is 1. The maximum absolute atomic E-state index is 14.0. The molecule has 4 nitrogen and oxygen atoms in total. The molecule has 3 rings (SSSR count). The highest BCUT2D eigenvalue weighted by molar-refractivity contribution is 6.00. The third-order valence-electron chi connectivity index (χ3n) is 4.18. The Morgan fingerprint density at radius 2 is 1.61 bits per heavy atom. The summed E-state index contributed by atoms with van der Waals surface area (Å²) in [5.41, 5.74) is 1.89. The first kappa shape index (κ1) is 15.3. The SMILES string of the molecule is CC(=O)c1c(F)cccc1N1CCN(c2ccc(O)cc2)CC1. The molecule has 23 heavy (non-hydrogen) atoms. The van der Waals surface area contributed by atoms with Crippen LogP contribution in [0.3, 0.4) is 0 Å². The van der Waals surface area contributed by atoms with E-state index in [4.69, 9.17) is 0 Å². The van der Waals surface area contributed by atoms with Crippen LogP contribution in [-0.4, -0.2) is 37.1 Å². The Kier molecular flexibility index (Phi) is 4.19. The summed E-state index contributed by atoms with van der Waals surface area (Å²) in [5.74, 6) is -0.465. The quantitative estimate of drug-likeness (QED) is 0.884. The Morgan fingerprint density at radius 1 is 1.00 bits per heavy atom. The normalized spacial score (nSPS) is 14.9. The van der Waals surface area contributed by atoms with Gasteiger partial charge in [0.25, 0.3) is 0 Å². The number of Topliss-reactive ketones (excluding diaryl/α,β-unsaturated/α-hetero) is 1. The highest BCUT2D eigenvalue weighted by atomic mass is 19.1. The van der Waals surface area contributed by atoms with E-state index in [0.29, 0.717) is 18.8 Å². The Morgan fingerprint density at radius 3 is 2.22 bits per heavy atom. The third-order valence-corrected chi connectivity index (χ3v) is 4.18. The van der Waals surface area contributed by atoms with Gasteiger partial charge in [0.1, 0.15) is 11.6 Å². The van der Waals surface area contributed by atoms with Crippen LogP contribution in [0, 0.1) is 5.82 Å². The topological polar surface area (TPSA) is 43.8 Å². The zero-order valence-electron chi connectivity index (χ0n) is 13.0. The standard InChI is InChI=1S/C18H19FN2O2/c1-13(22)18-16(19)3-2-4-17(18)21-11-9-20(10-12-21)14-5-7-15(23)8-6-14/h2-8,23H,9-12H2,1H3. The minimum atomic E-state index is -0.462. The van der Waals surface area contributed by atoms with Gasteiger partial charge in [0, 0.05) is 31.9 Å². The second-order valence-corrected chi connectivity index (χ2v) is 5.68. The van der Waals surface area contributed by atoms with Gasteiger partial charge in [-0.1, -0.05) is 6.07 Å². The van der Waals surface area contributed by atoms with Crippen molar-refractivity contribution in [1.29, 1.82) is 0 Å². The summed E-state index contributed by atoms with van der Waals surface area (Å²) in [5, 5.41) is 9.36. The van der Waals surface area contributed by atoms with Crippen LogP contribution in [0.5, 0.6) is 5.75 Å². The number of phenols is 1. The van der Waals surface area contributed by atoms with E-state index in [0.717, 1.165) is 18.8 Å². The number of carbonyl (C=O) groups is 1. The third kappa shape index (κ3) is 3.13. The highest BCUT2D eigenvalue weighted by Gasteiger charge is 2.22. The lowest BCUT2D eigenvalue weighted by molar-refractivity contribution is 0.101. The summed E-state index contributed by atoms with van der Waals surface area (Å²) >= 11 is 0. The summed E-state index contributed by atoms with van der Waals surface area (Å²) in [6, 6.07) is 11.9. The van der Waals surface area contributed by atoms with Crippen LogP contribution in [0.15, 0.2) is 42.5 Å². The lowest BCUT2D eigenvalue weighted by Gasteiger charge is -2.38. The number of rotatable bonds is 3. The maximum Gasteiger partial charge on any atom is 0.164 e. The largest absolute Gasteiger partial charge is 0.508 e. The molecule has 1 N–H and O–H groups in total. The van der Waals surface area contributed by atoms with Gasteiger partial charge in [0.05, 0.1) is 11.3 Å². The molecule has 0 atom stereocenters. The summed E-state index contributed by atoms with van der Waals surface area (Å²) in [6.45, 7) is 4.38. The number of benzene rings is 2. The zero-order valence-corrected chi connectivity index (χ0v) is 13.0. The molecule has 0 spiro atoms. The lowest BCUT2D eigenvalue weighted by Crippen LogP contribution is -2.47. The molecule has 1 fully saturated rings. The fourth-order valence-electron chi connectivity index (χ4n) is 2.99. The molecular formula is C18H19FN2O2. The van der Waals surface area contributed by atoms with E-state index < -0.39 is 5.82 Å². The van der Waals surface area contributed by atoms with Crippen molar-refractivity contribution in [2.45, 2.75) is 6.92 Å². The summed E-state index contributed by atoms with van der Waals surface area (Å²) in [6.07, 6.45) is 0. The fourth-order valence-corrected chi connectivity index (χ4v) is 2.99. The minimum absolute atomic E-state index is 0.172. The van der Waals surface area contributed by atoms with E-state index in [1.165, 1.54) is 13.0 Å². The molecule has 2 aromatic carbocycles. The number of carbonyl (C=O) groups excluding carboxylic acids is 1. The van der Waals surface area contributed by atoms with Crippen molar-refractivity contribution in [3.63, 3.8) is 0 Å². The van der Waals surface area contributed by atoms with Crippen molar-refractivity contribution in [3.05, 3.63) is 53.8 Å². The molecule has 5 heteroatoms. The van der Waals surface area contributed by atoms with Gasteiger partial charge >= 0.3 is 0 Å². The van der Waals surface area contributed by atoms with Gasteiger partial charge < -0.3 is 14.9 Å². The average molecular weight is 314 g/mol. The minimum Gasteiger partial charge on any atom is -0.508 e. The van der Waals surface area contributed by atoms with Crippen LogP contribution in [0.25, 0.3) is 0 Å². The number of hydrogen-bond acceptors (Lipinski definition) is 4. The molecule has 2 aromatic rings. The number of aromatic hydroxyl groups is 1. The Labute approximate surface area is 134 Å². The summed E-state index contributed by atoms with van der Waals surface area (Å²) in [7, 11) is 0. The van der Waals surface area contributed by atoms with E-state index >= 15 is 0 Å². The highest BCUT2D eigenvalue weighted by Crippen LogP contribution is 2.26. The number of phenolic OH excluding ortho intramolecular Hbond substituents is 1. The molecule has 0 aliphatic carbocycles. The summed E-state index contributed by atoms with van der Waals surface area (Å²) < 4.78 is 14.0. The van der Waals surface area contributed by atoms with Crippen LogP contribution >= 0.6 is 0 Å². The second-order valence-electron chi connectivity index (χ2n) is 5.68. The monoisotopic (exact) mass is 314 g/mol. The molecule has 0 radical (unpaired) electrons. The predicted molar refractivity (Wildman–Crippen MR) is 88.9 cm³/mol. The molecule has 120 valence electrons. The first-order valence-electron chi connectivity index (χ1n) is 7.64. The van der Waals surface area contributed by atoms with Gasteiger partial charge in [-0.3, -0.25) is 4.79 Å². The van der Waals surface area contributed by atoms with Gasteiger partial charge in [-0.05, 0) is 43.3 Å². The fraction of sp³-hybridized carbons (Fsp3) is 0.278. The Hall–Kier alpha value is -2.56. The number of halogens is 1. The molecule has 1 saturated heterocycles. The van der Waals surface area contributed by atoms with Gasteiger partial charge in [-0.2, -0.15) is 0 Å². The van der Waals surface area contributed by atoms with Crippen LogP contribution in [0.4, 0.5) is 15.8 Å². The van der Waals surface area contributed by atoms with Crippen LogP contribution in [0.1, 0.15) is 17.3 Å². The summed E-state index contributed by atoms with van der Waals surface area (Å²) in [4.78, 5) is 16.0. The average Bonchev–Trinajstić information content (AvgIpc) is 2.55. The van der Waals surface area contributed by atoms with E-state index in [9.17, 15) is 14.3 Å². The molecule has 0 amide bonds. The number of ketones is 1. The van der Waals surface area contributed by atoms with E-state index in [2.05, 4.69) is 9.80 Å². The van der Waals surface area contributed by atoms with Gasteiger partial charge in [0.15, 0.2) is 5.78 Å². The van der Waals surface area contributed by atoms with Crippen molar-refractivity contribution in [2.75, 3.05) is 36.0 Å². The number of hydrogen-bond donors (Lipinski definition) is 1. The maximum atomic E-state index is 14.0. The van der Waals surface area contributed by atoms with Crippen molar-refractivity contribution in [1.82, 2.24) is 0 Å². The van der Waals surface area contributed by atoms with E-state index in [-0.39, 0.29) is 17.1 Å². The predicted octanol–water partition coefficient (Wildman–Crippen LogP) is 3.06. The van der Waals surface area contributed by atoms with E-state index in [1.807, 2.05) is 12.1 Å². The van der Waals surface area contributed by atoms with Gasteiger partial charge in [-0.25, -0.2) is 4.39 Å².